The van der Waals surface area contributed by atoms with Gasteiger partial charge in [-0.3, -0.25) is 4.79 Å². The van der Waals surface area contributed by atoms with Gasteiger partial charge in [-0.15, -0.1) is 0 Å². The SMILES string of the molecule is CCCCCCC/C=C\C/C=C\C/C=C\CCCCCCCCCCCCCCCCCCCCC(=O)NC(COC1OC(CO)C(OC2OC(CO)C(O)C(O)C2O)C(O)C1O)C(O)/C=C/CC/C=C/CCCCCCCCCCC. The van der Waals surface area contributed by atoms with Crippen molar-refractivity contribution < 1.29 is 64.6 Å². The fourth-order valence-corrected chi connectivity index (χ4v) is 10.8. The van der Waals surface area contributed by atoms with Gasteiger partial charge >= 0.3 is 0 Å². The maximum absolute atomic E-state index is 13.3. The largest absolute Gasteiger partial charge is 0.394 e. The van der Waals surface area contributed by atoms with Gasteiger partial charge in [0, 0.05) is 6.42 Å². The molecule has 0 aromatic heterocycles. The lowest BCUT2D eigenvalue weighted by Gasteiger charge is -2.46. The molecule has 2 aliphatic rings. The standard InChI is InChI=1S/C68H123NO13/c1-3-5-7-9-11-13-15-17-19-20-21-22-23-24-25-26-27-28-29-30-31-32-33-34-35-36-38-40-42-44-46-48-50-52-60(73)69-56(57(72)51-49-47-45-43-41-39-37-18-16-14-12-10-8-6-4-2)55-79-67-65(78)63(76)66(59(54-71)81-67)82-68-64(77)62(75)61(74)58(53-70)80-68/h15,17,20-21,23-24,41,43,49,51,56-59,61-68,70-72,74-78H,3-14,16,18-19,22,25-40,42,44-48,50,52-55H2,1-2H3,(H,69,73)/b17-15-,21-20-,24-23-,43-41+,51-49+. The number of aliphatic hydroxyl groups excluding tert-OH is 8. The highest BCUT2D eigenvalue weighted by atomic mass is 16.7. The molecule has 0 aliphatic carbocycles. The number of ether oxygens (including phenoxy) is 4. The maximum Gasteiger partial charge on any atom is 0.220 e. The number of nitrogens with one attached hydrogen (secondary N) is 1. The second-order valence-electron chi connectivity index (χ2n) is 23.6. The molecule has 82 heavy (non-hydrogen) atoms. The van der Waals surface area contributed by atoms with Crippen molar-refractivity contribution in [2.24, 2.45) is 0 Å². The Hall–Kier alpha value is -2.31. The van der Waals surface area contributed by atoms with Gasteiger partial charge in [-0.2, -0.15) is 0 Å². The van der Waals surface area contributed by atoms with E-state index < -0.39 is 86.8 Å². The smallest absolute Gasteiger partial charge is 0.220 e. The van der Waals surface area contributed by atoms with Crippen molar-refractivity contribution in [2.45, 2.75) is 344 Å². The van der Waals surface area contributed by atoms with Gasteiger partial charge in [0.2, 0.25) is 5.91 Å². The van der Waals surface area contributed by atoms with E-state index in [2.05, 4.69) is 67.8 Å². The lowest BCUT2D eigenvalue weighted by Crippen LogP contribution is -2.65. The molecule has 2 saturated heterocycles. The third-order valence-corrected chi connectivity index (χ3v) is 16.2. The van der Waals surface area contributed by atoms with Crippen LogP contribution in [-0.4, -0.2) is 140 Å². The molecular weight excluding hydrogens is 1040 g/mol. The molecule has 2 rings (SSSR count). The summed E-state index contributed by atoms with van der Waals surface area (Å²) < 4.78 is 22.8. The van der Waals surface area contributed by atoms with Crippen LogP contribution in [0.3, 0.4) is 0 Å². The number of carbonyl (C=O) groups excluding carboxylic acids is 1. The highest BCUT2D eigenvalue weighted by Crippen LogP contribution is 2.30. The molecule has 0 radical (unpaired) electrons. The molecule has 12 atom stereocenters. The lowest BCUT2D eigenvalue weighted by molar-refractivity contribution is -0.359. The average molecular weight is 1160 g/mol. The molecule has 0 aromatic carbocycles. The number of carbonyl (C=O) groups is 1. The van der Waals surface area contributed by atoms with Crippen molar-refractivity contribution in [1.82, 2.24) is 5.32 Å². The lowest BCUT2D eigenvalue weighted by atomic mass is 9.97. The molecule has 12 unspecified atom stereocenters. The molecule has 2 heterocycles. The Bertz CT molecular complexity index is 1610. The van der Waals surface area contributed by atoms with Crippen LogP contribution in [-0.2, 0) is 23.7 Å². The minimum Gasteiger partial charge on any atom is -0.394 e. The summed E-state index contributed by atoms with van der Waals surface area (Å²) >= 11 is 0. The van der Waals surface area contributed by atoms with Crippen molar-refractivity contribution in [3.05, 3.63) is 60.8 Å². The first-order valence-corrected chi connectivity index (χ1v) is 33.5. The van der Waals surface area contributed by atoms with Crippen molar-refractivity contribution >= 4 is 5.91 Å². The molecule has 0 spiro atoms. The van der Waals surface area contributed by atoms with Gasteiger partial charge in [-0.1, -0.05) is 254 Å². The first-order chi connectivity index (χ1) is 40.1. The van der Waals surface area contributed by atoms with Gasteiger partial charge in [-0.05, 0) is 70.6 Å². The molecule has 2 fully saturated rings. The van der Waals surface area contributed by atoms with E-state index in [1.54, 1.807) is 6.08 Å². The quantitative estimate of drug-likeness (QED) is 0.0204. The van der Waals surface area contributed by atoms with Crippen molar-refractivity contribution in [3.63, 3.8) is 0 Å². The normalized spacial score (nSPS) is 24.3. The topological polar surface area (TPSA) is 228 Å². The number of rotatable bonds is 54. The van der Waals surface area contributed by atoms with E-state index >= 15 is 0 Å². The zero-order valence-corrected chi connectivity index (χ0v) is 51.7. The van der Waals surface area contributed by atoms with E-state index in [4.69, 9.17) is 18.9 Å². The fraction of sp³-hybridized carbons (Fsp3) is 0.838. The van der Waals surface area contributed by atoms with Crippen LogP contribution >= 0.6 is 0 Å². The molecule has 478 valence electrons. The van der Waals surface area contributed by atoms with E-state index in [-0.39, 0.29) is 18.9 Å². The molecular formula is C68H123NO13. The molecule has 2 aliphatic heterocycles. The number of unbranched alkanes of at least 4 members (excludes halogenated alkanes) is 33. The van der Waals surface area contributed by atoms with E-state index in [1.807, 2.05) is 6.08 Å². The van der Waals surface area contributed by atoms with E-state index in [1.165, 1.54) is 193 Å². The number of aliphatic hydroxyl groups is 8. The number of hydrogen-bond donors (Lipinski definition) is 9. The highest BCUT2D eigenvalue weighted by molar-refractivity contribution is 5.76. The van der Waals surface area contributed by atoms with E-state index in [0.29, 0.717) is 12.8 Å². The van der Waals surface area contributed by atoms with Gasteiger partial charge < -0.3 is 65.1 Å². The summed E-state index contributed by atoms with van der Waals surface area (Å²) in [6.45, 7) is 2.78. The van der Waals surface area contributed by atoms with E-state index in [0.717, 1.165) is 44.9 Å². The van der Waals surface area contributed by atoms with Crippen LogP contribution in [0.4, 0.5) is 0 Å². The van der Waals surface area contributed by atoms with Crippen LogP contribution in [0.1, 0.15) is 271 Å². The van der Waals surface area contributed by atoms with Gasteiger partial charge in [-0.25, -0.2) is 0 Å². The third kappa shape index (κ3) is 37.3. The monoisotopic (exact) mass is 1160 g/mol. The zero-order valence-electron chi connectivity index (χ0n) is 51.7. The minimum atomic E-state index is -1.79. The summed E-state index contributed by atoms with van der Waals surface area (Å²) in [5.74, 6) is -0.248. The Morgan fingerprint density at radius 2 is 0.817 bits per heavy atom. The van der Waals surface area contributed by atoms with E-state index in [9.17, 15) is 45.6 Å². The molecule has 0 saturated carbocycles. The Labute approximate surface area is 498 Å². The highest BCUT2D eigenvalue weighted by Gasteiger charge is 2.51. The Morgan fingerprint density at radius 3 is 1.28 bits per heavy atom. The van der Waals surface area contributed by atoms with Crippen LogP contribution in [0.15, 0.2) is 60.8 Å². The summed E-state index contributed by atoms with van der Waals surface area (Å²) in [5.41, 5.74) is 0. The second kappa shape index (κ2) is 53.0. The number of amides is 1. The van der Waals surface area contributed by atoms with Gasteiger partial charge in [0.25, 0.3) is 0 Å². The Balaban J connectivity index is 1.64. The first kappa shape index (κ1) is 75.8. The summed E-state index contributed by atoms with van der Waals surface area (Å²) in [4.78, 5) is 13.3. The van der Waals surface area contributed by atoms with Crippen molar-refractivity contribution in [3.8, 4) is 0 Å². The molecule has 9 N–H and O–H groups in total. The van der Waals surface area contributed by atoms with Crippen LogP contribution < -0.4 is 5.32 Å². The van der Waals surface area contributed by atoms with Crippen LogP contribution in [0.2, 0.25) is 0 Å². The zero-order chi connectivity index (χ0) is 59.5. The Morgan fingerprint density at radius 1 is 0.439 bits per heavy atom. The fourth-order valence-electron chi connectivity index (χ4n) is 10.8. The predicted octanol–water partition coefficient (Wildman–Crippen LogP) is 12.9. The second-order valence-corrected chi connectivity index (χ2v) is 23.6. The molecule has 1 amide bonds. The Kier molecular flexibility index (Phi) is 49.0. The van der Waals surface area contributed by atoms with Crippen molar-refractivity contribution in [2.75, 3.05) is 19.8 Å². The molecule has 0 bridgehead atoms. The van der Waals surface area contributed by atoms with Crippen LogP contribution in [0.5, 0.6) is 0 Å². The molecule has 14 heteroatoms. The number of allylic oxidation sites excluding steroid dienone is 9. The maximum atomic E-state index is 13.3. The summed E-state index contributed by atoms with van der Waals surface area (Å²) in [6, 6.07) is -0.932. The third-order valence-electron chi connectivity index (χ3n) is 16.2. The first-order valence-electron chi connectivity index (χ1n) is 33.5. The average Bonchev–Trinajstić information content (AvgIpc) is 3.60. The van der Waals surface area contributed by atoms with Crippen LogP contribution in [0, 0.1) is 0 Å². The summed E-state index contributed by atoms with van der Waals surface area (Å²) in [5, 5.41) is 87.2. The van der Waals surface area contributed by atoms with Gasteiger partial charge in [0.1, 0.15) is 48.8 Å². The van der Waals surface area contributed by atoms with Gasteiger partial charge in [0.05, 0.1) is 32.0 Å². The summed E-state index contributed by atoms with van der Waals surface area (Å²) in [6.07, 6.45) is 52.8. The summed E-state index contributed by atoms with van der Waals surface area (Å²) in [7, 11) is 0. The minimum absolute atomic E-state index is 0.248. The van der Waals surface area contributed by atoms with Gasteiger partial charge in [0.15, 0.2) is 12.6 Å². The number of hydrogen-bond acceptors (Lipinski definition) is 13. The van der Waals surface area contributed by atoms with Crippen molar-refractivity contribution in [1.29, 1.82) is 0 Å². The molecule has 0 aromatic rings. The van der Waals surface area contributed by atoms with Crippen LogP contribution in [0.25, 0.3) is 0 Å². The predicted molar refractivity (Wildman–Crippen MR) is 332 cm³/mol. The molecule has 14 nitrogen and oxygen atoms in total.